The van der Waals surface area contributed by atoms with Crippen LogP contribution in [0.5, 0.6) is 0 Å². The Balaban J connectivity index is 0. The van der Waals surface area contributed by atoms with Crippen molar-refractivity contribution in [3.8, 4) is 0 Å². The van der Waals surface area contributed by atoms with Crippen LogP contribution >= 0.6 is 0 Å². The third-order valence-corrected chi connectivity index (χ3v) is 0.498. The Hall–Kier alpha value is 0.592. The number of carbonyl (C=O) groups is 1. The molecule has 0 atom stereocenters. The van der Waals surface area contributed by atoms with Crippen molar-refractivity contribution in [2.45, 2.75) is 20.3 Å². The summed E-state index contributed by atoms with van der Waals surface area (Å²) in [6.45, 7) is 3.43. The molecule has 2 radical (unpaired) electrons. The summed E-state index contributed by atoms with van der Waals surface area (Å²) in [7, 11) is 0. The van der Waals surface area contributed by atoms with E-state index in [0.717, 1.165) is 0 Å². The molecule has 0 heterocycles. The molecule has 0 N–H and O–H groups in total. The van der Waals surface area contributed by atoms with E-state index in [2.05, 4.69) is 0 Å². The van der Waals surface area contributed by atoms with Gasteiger partial charge < -0.3 is 4.79 Å². The molecule has 0 aliphatic heterocycles. The minimum absolute atomic E-state index is 0. The zero-order valence-electron chi connectivity index (χ0n) is 4.32. The Morgan fingerprint density at radius 1 is 1.67 bits per heavy atom. The van der Waals surface area contributed by atoms with Gasteiger partial charge in [0.2, 0.25) is 0 Å². The molecule has 0 saturated carbocycles. The van der Waals surface area contributed by atoms with Crippen LogP contribution in [0.4, 0.5) is 0 Å². The Morgan fingerprint density at radius 2 is 1.83 bits per heavy atom. The van der Waals surface area contributed by atoms with Crippen LogP contribution in [0, 0.1) is 0 Å². The van der Waals surface area contributed by atoms with Gasteiger partial charge in [-0.05, 0) is 6.92 Å². The van der Waals surface area contributed by atoms with Gasteiger partial charge in [-0.3, -0.25) is 0 Å². The predicted octanol–water partition coefficient (Wildman–Crippen LogP) is 0.0692. The molecule has 0 saturated heterocycles. The molecule has 6 heavy (non-hydrogen) atoms. The van der Waals surface area contributed by atoms with Crippen molar-refractivity contribution in [1.29, 1.82) is 0 Å². The van der Waals surface area contributed by atoms with E-state index in [-0.39, 0.29) is 33.1 Å². The van der Waals surface area contributed by atoms with Crippen molar-refractivity contribution in [3.63, 3.8) is 0 Å². The molecule has 0 aliphatic rings. The number of Topliss-reactive ketones (excluding diaryl/α,β-unsaturated/α-hetero) is 1. The molecular formula is C4H10OPb. The number of hydrogen-bond acceptors (Lipinski definition) is 1. The van der Waals surface area contributed by atoms with Crippen LogP contribution in [-0.4, -0.2) is 33.1 Å². The molecule has 0 amide bonds. The molecule has 0 aromatic heterocycles. The SMILES string of the molecule is CCC(C)=O.[PbH2]. The predicted molar refractivity (Wildman–Crippen MR) is 29.5 cm³/mol. The normalized spacial score (nSPS) is 6.33. The second kappa shape index (κ2) is 5.59. The Labute approximate surface area is 58.3 Å². The fourth-order valence-corrected chi connectivity index (χ4v) is 0. The summed E-state index contributed by atoms with van der Waals surface area (Å²) in [6.07, 6.45) is 0.667. The second-order valence-electron chi connectivity index (χ2n) is 1.06. The first-order chi connectivity index (χ1) is 2.27. The van der Waals surface area contributed by atoms with Crippen LogP contribution in [0.1, 0.15) is 20.3 Å². The maximum absolute atomic E-state index is 9.81. The van der Waals surface area contributed by atoms with Crippen molar-refractivity contribution in [3.05, 3.63) is 0 Å². The Bertz CT molecular complexity index is 42.8. The average molecular weight is 281 g/mol. The van der Waals surface area contributed by atoms with E-state index in [1.165, 1.54) is 0 Å². The minimum atomic E-state index is 0. The fraction of sp³-hybridized carbons (Fsp3) is 0.750. The van der Waals surface area contributed by atoms with Crippen molar-refractivity contribution in [2.75, 3.05) is 0 Å². The molecule has 0 unspecified atom stereocenters. The molecule has 2 heteroatoms. The number of carbonyl (C=O) groups excluding carboxylic acids is 1. The summed E-state index contributed by atoms with van der Waals surface area (Å²) in [5.74, 6) is 0.255. The number of rotatable bonds is 1. The zero-order chi connectivity index (χ0) is 4.28. The maximum atomic E-state index is 9.81. The van der Waals surface area contributed by atoms with E-state index in [4.69, 9.17) is 0 Å². The Kier molecular flexibility index (Phi) is 9.11. The van der Waals surface area contributed by atoms with Crippen molar-refractivity contribution in [1.82, 2.24) is 0 Å². The zero-order valence-corrected chi connectivity index (χ0v) is 9.82. The quantitative estimate of drug-likeness (QED) is 0.622. The molecule has 0 rings (SSSR count). The van der Waals surface area contributed by atoms with Crippen molar-refractivity contribution >= 4 is 33.1 Å². The molecule has 0 aromatic carbocycles. The van der Waals surface area contributed by atoms with Gasteiger partial charge in [-0.15, -0.1) is 0 Å². The van der Waals surface area contributed by atoms with Gasteiger partial charge >= 0.3 is 27.3 Å². The van der Waals surface area contributed by atoms with Gasteiger partial charge in [0, 0.05) is 6.42 Å². The van der Waals surface area contributed by atoms with E-state index in [1.807, 2.05) is 6.92 Å². The van der Waals surface area contributed by atoms with Crippen LogP contribution in [0.25, 0.3) is 0 Å². The van der Waals surface area contributed by atoms with E-state index >= 15 is 0 Å². The van der Waals surface area contributed by atoms with E-state index in [9.17, 15) is 4.79 Å². The van der Waals surface area contributed by atoms with Gasteiger partial charge in [-0.2, -0.15) is 0 Å². The standard InChI is InChI=1S/C4H8O.Pb.2H/c1-3-4(2)5;;;/h3H2,1-2H3;;;. The van der Waals surface area contributed by atoms with Gasteiger partial charge in [0.15, 0.2) is 0 Å². The van der Waals surface area contributed by atoms with Gasteiger partial charge in [0.25, 0.3) is 0 Å². The molecular weight excluding hydrogens is 271 g/mol. The van der Waals surface area contributed by atoms with Gasteiger partial charge in [-0.25, -0.2) is 0 Å². The second-order valence-corrected chi connectivity index (χ2v) is 1.06. The van der Waals surface area contributed by atoms with Gasteiger partial charge in [-0.1, -0.05) is 6.92 Å². The summed E-state index contributed by atoms with van der Waals surface area (Å²) in [6, 6.07) is 0. The summed E-state index contributed by atoms with van der Waals surface area (Å²) in [4.78, 5) is 9.81. The molecule has 1 nitrogen and oxygen atoms in total. The third-order valence-electron chi connectivity index (χ3n) is 0.498. The summed E-state index contributed by atoms with van der Waals surface area (Å²) in [5.41, 5.74) is 0. The Morgan fingerprint density at radius 3 is 1.83 bits per heavy atom. The molecule has 0 fully saturated rings. The van der Waals surface area contributed by atoms with Crippen LogP contribution in [0.2, 0.25) is 0 Å². The molecule has 0 aliphatic carbocycles. The first-order valence-corrected chi connectivity index (χ1v) is 1.76. The van der Waals surface area contributed by atoms with Crippen LogP contribution < -0.4 is 0 Å². The first-order valence-electron chi connectivity index (χ1n) is 1.76. The fourth-order valence-electron chi connectivity index (χ4n) is 0. The van der Waals surface area contributed by atoms with E-state index in [0.29, 0.717) is 6.42 Å². The van der Waals surface area contributed by atoms with Crippen LogP contribution in [-0.2, 0) is 4.79 Å². The first kappa shape index (κ1) is 9.78. The summed E-state index contributed by atoms with van der Waals surface area (Å²) < 4.78 is 0. The molecule has 0 bridgehead atoms. The number of hydrogen-bond donors (Lipinski definition) is 0. The average Bonchev–Trinajstić information content (AvgIpc) is 1.38. The van der Waals surface area contributed by atoms with Crippen molar-refractivity contribution < 1.29 is 4.79 Å². The summed E-state index contributed by atoms with van der Waals surface area (Å²) >= 11 is 0. The molecule has 0 spiro atoms. The topological polar surface area (TPSA) is 17.1 Å². The van der Waals surface area contributed by atoms with Gasteiger partial charge in [0.05, 0.1) is 0 Å². The monoisotopic (exact) mass is 282 g/mol. The van der Waals surface area contributed by atoms with E-state index < -0.39 is 0 Å². The van der Waals surface area contributed by atoms with E-state index in [1.54, 1.807) is 6.92 Å². The molecule has 0 aromatic rings. The third kappa shape index (κ3) is 8.82. The van der Waals surface area contributed by atoms with Gasteiger partial charge in [0.1, 0.15) is 5.78 Å². The molecule has 36 valence electrons. The number of ketones is 1. The van der Waals surface area contributed by atoms with Crippen LogP contribution in [0.15, 0.2) is 0 Å². The van der Waals surface area contributed by atoms with Crippen molar-refractivity contribution in [2.24, 2.45) is 0 Å². The summed E-state index contributed by atoms with van der Waals surface area (Å²) in [5, 5.41) is 0. The van der Waals surface area contributed by atoms with Crippen LogP contribution in [0.3, 0.4) is 0 Å².